The lowest BCUT2D eigenvalue weighted by Gasteiger charge is -2.27. The third-order valence-corrected chi connectivity index (χ3v) is 9.27. The van der Waals surface area contributed by atoms with E-state index in [1.807, 2.05) is 0 Å². The first-order valence-electron chi connectivity index (χ1n) is 19.4. The molecule has 9 heteroatoms. The Kier molecular flexibility index (Phi) is 28.0. The van der Waals surface area contributed by atoms with Gasteiger partial charge in [0.25, 0.3) is 0 Å². The largest absolute Gasteiger partial charge is 0.481 e. The van der Waals surface area contributed by atoms with Crippen LogP contribution in [0.5, 0.6) is 0 Å². The number of rotatable bonds is 33. The molecule has 0 amide bonds. The van der Waals surface area contributed by atoms with Gasteiger partial charge in [0.15, 0.2) is 12.2 Å². The average Bonchev–Trinajstić information content (AvgIpc) is 3.41. The molecule has 276 valence electrons. The Morgan fingerprint density at radius 1 is 0.617 bits per heavy atom. The number of carbonyl (C=O) groups is 3. The van der Waals surface area contributed by atoms with Crippen molar-refractivity contribution in [3.8, 4) is 0 Å². The summed E-state index contributed by atoms with van der Waals surface area (Å²) < 4.78 is 16.5. The van der Waals surface area contributed by atoms with E-state index >= 15 is 0 Å². The molecule has 0 radical (unpaired) electrons. The van der Waals surface area contributed by atoms with Crippen LogP contribution in [0, 0.1) is 0 Å². The lowest BCUT2D eigenvalue weighted by Crippen LogP contribution is -2.45. The highest BCUT2D eigenvalue weighted by molar-refractivity contribution is 5.70. The van der Waals surface area contributed by atoms with E-state index < -0.39 is 48.9 Å². The number of carboxylic acids is 1. The van der Waals surface area contributed by atoms with Crippen LogP contribution >= 0.6 is 0 Å². The van der Waals surface area contributed by atoms with Crippen molar-refractivity contribution in [3.05, 3.63) is 0 Å². The Morgan fingerprint density at radius 2 is 1.00 bits per heavy atom. The first-order valence-corrected chi connectivity index (χ1v) is 19.4. The summed E-state index contributed by atoms with van der Waals surface area (Å²) in [5.41, 5.74) is 0. The van der Waals surface area contributed by atoms with Crippen LogP contribution in [0.15, 0.2) is 0 Å². The Labute approximate surface area is 285 Å². The predicted molar refractivity (Wildman–Crippen MR) is 185 cm³/mol. The molecule has 1 heterocycles. The van der Waals surface area contributed by atoms with Crippen molar-refractivity contribution in [2.45, 2.75) is 211 Å². The van der Waals surface area contributed by atoms with E-state index in [4.69, 9.17) is 19.3 Å². The average molecular weight is 671 g/mol. The lowest BCUT2D eigenvalue weighted by atomic mass is 10.0. The molecule has 0 aromatic carbocycles. The van der Waals surface area contributed by atoms with E-state index in [0.717, 1.165) is 44.9 Å². The molecule has 1 fully saturated rings. The van der Waals surface area contributed by atoms with Crippen molar-refractivity contribution >= 4 is 17.9 Å². The summed E-state index contributed by atoms with van der Waals surface area (Å²) >= 11 is 0. The number of ether oxygens (including phenoxy) is 3. The Balaban J connectivity index is 2.07. The fourth-order valence-corrected chi connectivity index (χ4v) is 6.33. The highest BCUT2D eigenvalue weighted by Gasteiger charge is 2.45. The molecular weight excluding hydrogens is 600 g/mol. The molecular formula is C38H70O9. The molecule has 1 aliphatic heterocycles. The zero-order valence-corrected chi connectivity index (χ0v) is 29.8. The summed E-state index contributed by atoms with van der Waals surface area (Å²) in [7, 11) is 0. The summed E-state index contributed by atoms with van der Waals surface area (Å²) in [5.74, 6) is -1.67. The highest BCUT2D eigenvalue weighted by Crippen LogP contribution is 2.24. The number of carbonyl (C=O) groups excluding carboxylic acids is 2. The molecule has 0 saturated carbocycles. The van der Waals surface area contributed by atoms with Crippen LogP contribution in [0.25, 0.3) is 0 Å². The molecule has 1 saturated heterocycles. The fraction of sp³-hybridized carbons (Fsp3) is 0.921. The number of esters is 2. The van der Waals surface area contributed by atoms with Crippen LogP contribution in [0.4, 0.5) is 0 Å². The van der Waals surface area contributed by atoms with Gasteiger partial charge in [-0.15, -0.1) is 0 Å². The number of unbranched alkanes of at least 4 members (excludes halogenated alkanes) is 23. The molecule has 0 aromatic rings. The van der Waals surface area contributed by atoms with Gasteiger partial charge in [-0.3, -0.25) is 14.4 Å². The summed E-state index contributed by atoms with van der Waals surface area (Å²) in [6.45, 7) is 1.71. The molecule has 1 rings (SSSR count). The standard InChI is InChI=1S/C38H70O9/c1-2-3-4-5-6-7-8-9-10-11-12-13-14-15-16-17-18-22-26-29-36(44)47-37-32(40)31-45-38(37)33(30-39)46-35(43)28-25-23-20-19-21-24-27-34(41)42/h32-33,37-40H,2-31H2,1H3,(H,41,42)/t32-,33+,37+,38+/m0/s1. The van der Waals surface area contributed by atoms with Gasteiger partial charge < -0.3 is 29.5 Å². The molecule has 0 aliphatic carbocycles. The van der Waals surface area contributed by atoms with E-state index in [0.29, 0.717) is 12.8 Å². The second kappa shape index (κ2) is 30.4. The second-order valence-corrected chi connectivity index (χ2v) is 13.7. The Hall–Kier alpha value is -1.71. The van der Waals surface area contributed by atoms with Gasteiger partial charge in [-0.2, -0.15) is 0 Å². The summed E-state index contributed by atoms with van der Waals surface area (Å²) in [6, 6.07) is 0. The zero-order chi connectivity index (χ0) is 34.4. The van der Waals surface area contributed by atoms with Gasteiger partial charge in [0.1, 0.15) is 12.2 Å². The minimum absolute atomic E-state index is 0.0577. The quantitative estimate of drug-likeness (QED) is 0.0463. The molecule has 9 nitrogen and oxygen atoms in total. The van der Waals surface area contributed by atoms with Gasteiger partial charge in [-0.05, 0) is 19.3 Å². The minimum atomic E-state index is -1.04. The number of aliphatic hydroxyl groups is 2. The maximum Gasteiger partial charge on any atom is 0.306 e. The SMILES string of the molecule is CCCCCCCCCCCCCCCCCCCCCC(=O)O[C@H]1[C@@H]([C@@H](CO)OC(=O)CCCCCCCCC(=O)O)OC[C@@H]1O. The molecule has 0 unspecified atom stereocenters. The predicted octanol–water partition coefficient (Wildman–Crippen LogP) is 8.59. The third-order valence-electron chi connectivity index (χ3n) is 9.27. The van der Waals surface area contributed by atoms with Crippen LogP contribution in [-0.2, 0) is 28.6 Å². The van der Waals surface area contributed by atoms with Crippen LogP contribution < -0.4 is 0 Å². The Bertz CT molecular complexity index is 774. The number of hydrogen-bond acceptors (Lipinski definition) is 8. The van der Waals surface area contributed by atoms with Gasteiger partial charge >= 0.3 is 17.9 Å². The van der Waals surface area contributed by atoms with E-state index in [2.05, 4.69) is 6.92 Å². The van der Waals surface area contributed by atoms with Crippen molar-refractivity contribution in [1.29, 1.82) is 0 Å². The van der Waals surface area contributed by atoms with Gasteiger partial charge in [0.05, 0.1) is 13.2 Å². The van der Waals surface area contributed by atoms with Gasteiger partial charge in [0.2, 0.25) is 0 Å². The molecule has 4 atom stereocenters. The monoisotopic (exact) mass is 671 g/mol. The summed E-state index contributed by atoms with van der Waals surface area (Å²) in [6.07, 6.45) is 25.9. The van der Waals surface area contributed by atoms with Gasteiger partial charge in [0, 0.05) is 19.3 Å². The van der Waals surface area contributed by atoms with E-state index in [-0.39, 0.29) is 25.9 Å². The topological polar surface area (TPSA) is 140 Å². The minimum Gasteiger partial charge on any atom is -0.481 e. The second-order valence-electron chi connectivity index (χ2n) is 13.7. The molecule has 47 heavy (non-hydrogen) atoms. The fourth-order valence-electron chi connectivity index (χ4n) is 6.33. The van der Waals surface area contributed by atoms with Crippen molar-refractivity contribution in [2.24, 2.45) is 0 Å². The number of carboxylic acid groups (broad SMARTS) is 1. The van der Waals surface area contributed by atoms with E-state index in [1.54, 1.807) is 0 Å². The molecule has 0 spiro atoms. The first kappa shape index (κ1) is 43.3. The number of aliphatic carboxylic acids is 1. The lowest BCUT2D eigenvalue weighted by molar-refractivity contribution is -0.171. The van der Waals surface area contributed by atoms with E-state index in [9.17, 15) is 24.6 Å². The zero-order valence-electron chi connectivity index (χ0n) is 29.8. The van der Waals surface area contributed by atoms with E-state index in [1.165, 1.54) is 103 Å². The van der Waals surface area contributed by atoms with Crippen molar-refractivity contribution < 1.29 is 43.9 Å². The number of aliphatic hydroxyl groups excluding tert-OH is 2. The van der Waals surface area contributed by atoms with Crippen molar-refractivity contribution in [2.75, 3.05) is 13.2 Å². The van der Waals surface area contributed by atoms with Crippen LogP contribution in [0.1, 0.15) is 187 Å². The molecule has 1 aliphatic rings. The van der Waals surface area contributed by atoms with Gasteiger partial charge in [-0.25, -0.2) is 0 Å². The summed E-state index contributed by atoms with van der Waals surface area (Å²) in [5, 5.41) is 28.9. The first-order chi connectivity index (χ1) is 22.9. The molecule has 3 N–H and O–H groups in total. The van der Waals surface area contributed by atoms with Crippen LogP contribution in [0.2, 0.25) is 0 Å². The van der Waals surface area contributed by atoms with Crippen molar-refractivity contribution in [1.82, 2.24) is 0 Å². The number of hydrogen-bond donors (Lipinski definition) is 3. The highest BCUT2D eigenvalue weighted by atomic mass is 16.6. The molecule has 0 aromatic heterocycles. The van der Waals surface area contributed by atoms with Crippen molar-refractivity contribution in [3.63, 3.8) is 0 Å². The maximum atomic E-state index is 12.5. The third kappa shape index (κ3) is 24.1. The van der Waals surface area contributed by atoms with Crippen LogP contribution in [-0.4, -0.2) is 70.9 Å². The Morgan fingerprint density at radius 3 is 1.40 bits per heavy atom. The van der Waals surface area contributed by atoms with Crippen LogP contribution in [0.3, 0.4) is 0 Å². The normalized spacial score (nSPS) is 18.3. The summed E-state index contributed by atoms with van der Waals surface area (Å²) in [4.78, 5) is 35.4. The molecule has 0 bridgehead atoms. The van der Waals surface area contributed by atoms with Gasteiger partial charge in [-0.1, -0.05) is 148 Å². The maximum absolute atomic E-state index is 12.5. The smallest absolute Gasteiger partial charge is 0.306 e.